The SMILES string of the molecule is CNCc1cnc(SCCO)nc1. The lowest BCUT2D eigenvalue weighted by Gasteiger charge is -2.00. The van der Waals surface area contributed by atoms with Crippen LogP contribution in [0.4, 0.5) is 0 Å². The molecule has 0 aliphatic carbocycles. The first-order valence-corrected chi connectivity index (χ1v) is 5.04. The van der Waals surface area contributed by atoms with Crippen LogP contribution in [0.1, 0.15) is 5.56 Å². The van der Waals surface area contributed by atoms with Crippen LogP contribution < -0.4 is 5.32 Å². The van der Waals surface area contributed by atoms with Gasteiger partial charge in [0.15, 0.2) is 5.16 Å². The zero-order valence-corrected chi connectivity index (χ0v) is 8.34. The minimum Gasteiger partial charge on any atom is -0.396 e. The Hall–Kier alpha value is -0.650. The van der Waals surface area contributed by atoms with E-state index < -0.39 is 0 Å². The summed E-state index contributed by atoms with van der Waals surface area (Å²) in [5.74, 6) is 0.644. The standard InChI is InChI=1S/C8H13N3OS/c1-9-4-7-5-10-8(11-6-7)13-3-2-12/h5-6,9,12H,2-4H2,1H3. The summed E-state index contributed by atoms with van der Waals surface area (Å²) in [7, 11) is 1.88. The fraction of sp³-hybridized carbons (Fsp3) is 0.500. The molecule has 0 fully saturated rings. The molecule has 0 amide bonds. The second-order valence-corrected chi connectivity index (χ2v) is 3.54. The summed E-state index contributed by atoms with van der Waals surface area (Å²) in [5.41, 5.74) is 1.07. The third kappa shape index (κ3) is 3.71. The molecule has 2 N–H and O–H groups in total. The average Bonchev–Trinajstić information content (AvgIpc) is 2.17. The first-order valence-electron chi connectivity index (χ1n) is 4.06. The maximum atomic E-state index is 8.58. The zero-order valence-electron chi connectivity index (χ0n) is 7.53. The predicted octanol–water partition coefficient (Wildman–Crippen LogP) is 0.280. The Bertz CT molecular complexity index is 240. The molecular formula is C8H13N3OS. The summed E-state index contributed by atoms with van der Waals surface area (Å²) < 4.78 is 0. The van der Waals surface area contributed by atoms with E-state index in [4.69, 9.17) is 5.11 Å². The van der Waals surface area contributed by atoms with Gasteiger partial charge in [0, 0.05) is 30.3 Å². The average molecular weight is 199 g/mol. The number of aromatic nitrogens is 2. The Balaban J connectivity index is 2.48. The molecule has 0 saturated carbocycles. The van der Waals surface area contributed by atoms with Crippen molar-refractivity contribution >= 4 is 11.8 Å². The van der Waals surface area contributed by atoms with E-state index in [2.05, 4.69) is 15.3 Å². The number of thioether (sulfide) groups is 1. The number of rotatable bonds is 5. The van der Waals surface area contributed by atoms with Crippen molar-refractivity contribution in [1.29, 1.82) is 0 Å². The van der Waals surface area contributed by atoms with Gasteiger partial charge in [-0.3, -0.25) is 0 Å². The third-order valence-corrected chi connectivity index (χ3v) is 2.24. The molecule has 1 aromatic rings. The number of hydrogen-bond donors (Lipinski definition) is 2. The van der Waals surface area contributed by atoms with E-state index >= 15 is 0 Å². The third-order valence-electron chi connectivity index (χ3n) is 1.38. The molecule has 1 heterocycles. The van der Waals surface area contributed by atoms with Gasteiger partial charge in [0.05, 0.1) is 6.61 Å². The molecule has 5 heteroatoms. The van der Waals surface area contributed by atoms with Crippen molar-refractivity contribution in [3.8, 4) is 0 Å². The molecule has 0 unspecified atom stereocenters. The normalized spacial score (nSPS) is 10.3. The fourth-order valence-electron chi connectivity index (χ4n) is 0.850. The molecule has 1 aromatic heterocycles. The van der Waals surface area contributed by atoms with E-state index in [1.54, 1.807) is 12.4 Å². The first kappa shape index (κ1) is 10.4. The van der Waals surface area contributed by atoms with Gasteiger partial charge in [-0.1, -0.05) is 11.8 Å². The topological polar surface area (TPSA) is 58.0 Å². The summed E-state index contributed by atoms with van der Waals surface area (Å²) in [4.78, 5) is 8.27. The summed E-state index contributed by atoms with van der Waals surface area (Å²) in [6.07, 6.45) is 3.59. The van der Waals surface area contributed by atoms with Gasteiger partial charge in [0.1, 0.15) is 0 Å². The fourth-order valence-corrected chi connectivity index (χ4v) is 1.38. The van der Waals surface area contributed by atoms with Crippen LogP contribution in [0.15, 0.2) is 17.6 Å². The minimum absolute atomic E-state index is 0.159. The van der Waals surface area contributed by atoms with Crippen LogP contribution in [-0.2, 0) is 6.54 Å². The van der Waals surface area contributed by atoms with Crippen molar-refractivity contribution in [3.05, 3.63) is 18.0 Å². The van der Waals surface area contributed by atoms with Gasteiger partial charge in [-0.15, -0.1) is 0 Å². The lowest BCUT2D eigenvalue weighted by atomic mass is 10.3. The van der Waals surface area contributed by atoms with E-state index in [0.29, 0.717) is 10.9 Å². The van der Waals surface area contributed by atoms with Crippen molar-refractivity contribution in [1.82, 2.24) is 15.3 Å². The van der Waals surface area contributed by atoms with Gasteiger partial charge in [-0.2, -0.15) is 0 Å². The highest BCUT2D eigenvalue weighted by atomic mass is 32.2. The molecule has 72 valence electrons. The largest absolute Gasteiger partial charge is 0.396 e. The van der Waals surface area contributed by atoms with Gasteiger partial charge >= 0.3 is 0 Å². The van der Waals surface area contributed by atoms with Crippen molar-refractivity contribution < 1.29 is 5.11 Å². The van der Waals surface area contributed by atoms with Gasteiger partial charge in [0.2, 0.25) is 0 Å². The number of aliphatic hydroxyl groups is 1. The van der Waals surface area contributed by atoms with Crippen LogP contribution in [0.3, 0.4) is 0 Å². The molecule has 0 aliphatic heterocycles. The Morgan fingerprint density at radius 2 is 2.15 bits per heavy atom. The quantitative estimate of drug-likeness (QED) is 0.527. The van der Waals surface area contributed by atoms with E-state index in [1.807, 2.05) is 7.05 Å². The molecule has 0 atom stereocenters. The van der Waals surface area contributed by atoms with Crippen molar-refractivity contribution in [3.63, 3.8) is 0 Å². The smallest absolute Gasteiger partial charge is 0.187 e. The number of aliphatic hydroxyl groups excluding tert-OH is 1. The van der Waals surface area contributed by atoms with Crippen molar-refractivity contribution in [2.24, 2.45) is 0 Å². The maximum Gasteiger partial charge on any atom is 0.187 e. The van der Waals surface area contributed by atoms with Gasteiger partial charge in [-0.25, -0.2) is 9.97 Å². The number of nitrogens with zero attached hydrogens (tertiary/aromatic N) is 2. The van der Waals surface area contributed by atoms with Crippen LogP contribution in [-0.4, -0.2) is 34.5 Å². The number of hydrogen-bond acceptors (Lipinski definition) is 5. The molecule has 0 saturated heterocycles. The van der Waals surface area contributed by atoms with Gasteiger partial charge in [0.25, 0.3) is 0 Å². The molecule has 1 rings (SSSR count). The molecule has 0 aliphatic rings. The molecule has 0 spiro atoms. The highest BCUT2D eigenvalue weighted by molar-refractivity contribution is 7.99. The monoisotopic (exact) mass is 199 g/mol. The molecule has 0 bridgehead atoms. The Kier molecular flexibility index (Phi) is 4.74. The predicted molar refractivity (Wildman–Crippen MR) is 52.6 cm³/mol. The molecule has 4 nitrogen and oxygen atoms in total. The Labute approximate surface area is 81.8 Å². The van der Waals surface area contributed by atoms with E-state index in [-0.39, 0.29) is 6.61 Å². The van der Waals surface area contributed by atoms with Crippen molar-refractivity contribution in [2.45, 2.75) is 11.7 Å². The summed E-state index contributed by atoms with van der Waals surface area (Å²) in [6, 6.07) is 0. The van der Waals surface area contributed by atoms with Crippen LogP contribution >= 0.6 is 11.8 Å². The Morgan fingerprint density at radius 1 is 1.46 bits per heavy atom. The van der Waals surface area contributed by atoms with Gasteiger partial charge in [-0.05, 0) is 7.05 Å². The van der Waals surface area contributed by atoms with Crippen LogP contribution in [0.25, 0.3) is 0 Å². The van der Waals surface area contributed by atoms with Crippen LogP contribution in [0.2, 0.25) is 0 Å². The van der Waals surface area contributed by atoms with E-state index in [0.717, 1.165) is 12.1 Å². The first-order chi connectivity index (χ1) is 6.36. The lowest BCUT2D eigenvalue weighted by Crippen LogP contribution is -2.06. The second kappa shape index (κ2) is 5.90. The Morgan fingerprint density at radius 3 is 2.69 bits per heavy atom. The maximum absolute atomic E-state index is 8.58. The number of nitrogens with one attached hydrogen (secondary N) is 1. The molecule has 0 aromatic carbocycles. The molecular weight excluding hydrogens is 186 g/mol. The zero-order chi connectivity index (χ0) is 9.52. The van der Waals surface area contributed by atoms with E-state index in [1.165, 1.54) is 11.8 Å². The van der Waals surface area contributed by atoms with Crippen LogP contribution in [0, 0.1) is 0 Å². The highest BCUT2D eigenvalue weighted by Gasteiger charge is 1.96. The van der Waals surface area contributed by atoms with Crippen molar-refractivity contribution in [2.75, 3.05) is 19.4 Å². The molecule has 13 heavy (non-hydrogen) atoms. The van der Waals surface area contributed by atoms with Crippen LogP contribution in [0.5, 0.6) is 0 Å². The summed E-state index contributed by atoms with van der Waals surface area (Å²) >= 11 is 1.45. The highest BCUT2D eigenvalue weighted by Crippen LogP contribution is 2.10. The minimum atomic E-state index is 0.159. The second-order valence-electron chi connectivity index (χ2n) is 2.48. The lowest BCUT2D eigenvalue weighted by molar-refractivity contribution is 0.322. The van der Waals surface area contributed by atoms with Gasteiger partial charge < -0.3 is 10.4 Å². The molecule has 0 radical (unpaired) electrons. The summed E-state index contributed by atoms with van der Waals surface area (Å²) in [5, 5.41) is 12.3. The summed E-state index contributed by atoms with van der Waals surface area (Å²) in [6.45, 7) is 0.942. The van der Waals surface area contributed by atoms with E-state index in [9.17, 15) is 0 Å².